The molecule has 0 N–H and O–H groups in total. The predicted molar refractivity (Wildman–Crippen MR) is 52.7 cm³/mol. The molecule has 0 aliphatic rings. The van der Waals surface area contributed by atoms with E-state index in [1.165, 1.54) is 10.3 Å². The van der Waals surface area contributed by atoms with Gasteiger partial charge in [0.15, 0.2) is 13.6 Å². The molecule has 60 valence electrons. The summed E-state index contributed by atoms with van der Waals surface area (Å²) in [5, 5.41) is 3.67. The third kappa shape index (κ3) is 1.18. The summed E-state index contributed by atoms with van der Waals surface area (Å²) in [5.41, 5.74) is 1.31. The van der Waals surface area contributed by atoms with Crippen molar-refractivity contribution in [2.45, 2.75) is 6.92 Å². The SMILES string of the molecule is Bc1sc(-c2ccno2)cc1C. The predicted octanol–water partition coefficient (Wildman–Crippen LogP) is 0.970. The molecule has 12 heavy (non-hydrogen) atoms. The maximum Gasteiger partial charge on any atom is 0.176 e. The molecule has 4 heteroatoms. The molecule has 0 aromatic carbocycles. The van der Waals surface area contributed by atoms with E-state index in [0.29, 0.717) is 0 Å². The van der Waals surface area contributed by atoms with Crippen molar-refractivity contribution in [3.63, 3.8) is 0 Å². The van der Waals surface area contributed by atoms with Crippen LogP contribution in [0.5, 0.6) is 0 Å². The Bertz CT molecular complexity index is 360. The number of hydrogen-bond donors (Lipinski definition) is 0. The van der Waals surface area contributed by atoms with Gasteiger partial charge < -0.3 is 4.52 Å². The summed E-state index contributed by atoms with van der Waals surface area (Å²) in [6.07, 6.45) is 1.67. The fourth-order valence-electron chi connectivity index (χ4n) is 1.04. The van der Waals surface area contributed by atoms with Crippen LogP contribution in [0.25, 0.3) is 10.6 Å². The van der Waals surface area contributed by atoms with Gasteiger partial charge in [-0.3, -0.25) is 0 Å². The Kier molecular flexibility index (Phi) is 1.77. The van der Waals surface area contributed by atoms with Gasteiger partial charge >= 0.3 is 0 Å². The minimum absolute atomic E-state index is 0.858. The van der Waals surface area contributed by atoms with Crippen molar-refractivity contribution in [1.29, 1.82) is 0 Å². The zero-order chi connectivity index (χ0) is 8.55. The molecule has 0 spiro atoms. The fourth-order valence-corrected chi connectivity index (χ4v) is 2.03. The lowest BCUT2D eigenvalue weighted by Crippen LogP contribution is -1.96. The summed E-state index contributed by atoms with van der Waals surface area (Å²) in [4.78, 5) is 1.16. The van der Waals surface area contributed by atoms with Gasteiger partial charge in [-0.2, -0.15) is 0 Å². The average molecular weight is 177 g/mol. The fraction of sp³-hybridized carbons (Fsp3) is 0.125. The second-order valence-corrected chi connectivity index (χ2v) is 3.98. The molecule has 2 aromatic rings. The van der Waals surface area contributed by atoms with Crippen LogP contribution in [0.4, 0.5) is 0 Å². The zero-order valence-corrected chi connectivity index (χ0v) is 7.81. The molecule has 0 saturated heterocycles. The van der Waals surface area contributed by atoms with E-state index in [0.717, 1.165) is 10.6 Å². The lowest BCUT2D eigenvalue weighted by atomic mass is 10.0. The quantitative estimate of drug-likeness (QED) is 0.606. The number of thiophene rings is 1. The first-order chi connectivity index (χ1) is 5.77. The van der Waals surface area contributed by atoms with Crippen molar-refractivity contribution in [1.82, 2.24) is 5.16 Å². The largest absolute Gasteiger partial charge is 0.355 e. The topological polar surface area (TPSA) is 26.0 Å². The third-order valence-electron chi connectivity index (χ3n) is 1.85. The average Bonchev–Trinajstić information content (AvgIpc) is 2.61. The number of aryl methyl sites for hydroxylation is 1. The Hall–Kier alpha value is -1.03. The van der Waals surface area contributed by atoms with Gasteiger partial charge in [0.2, 0.25) is 0 Å². The van der Waals surface area contributed by atoms with E-state index < -0.39 is 0 Å². The van der Waals surface area contributed by atoms with E-state index in [-0.39, 0.29) is 0 Å². The molecule has 0 amide bonds. The van der Waals surface area contributed by atoms with Crippen molar-refractivity contribution in [2.24, 2.45) is 0 Å². The second-order valence-electron chi connectivity index (χ2n) is 2.73. The highest BCUT2D eigenvalue weighted by molar-refractivity contribution is 7.23. The summed E-state index contributed by atoms with van der Waals surface area (Å²) in [5.74, 6) is 0.858. The normalized spacial score (nSPS) is 10.4. The smallest absolute Gasteiger partial charge is 0.176 e. The Balaban J connectivity index is 2.48. The molecule has 2 nitrogen and oxygen atoms in total. The highest BCUT2D eigenvalue weighted by atomic mass is 32.1. The van der Waals surface area contributed by atoms with Crippen molar-refractivity contribution in [3.8, 4) is 10.6 Å². The van der Waals surface area contributed by atoms with Gasteiger partial charge in [0.25, 0.3) is 0 Å². The molecule has 2 heterocycles. The van der Waals surface area contributed by atoms with E-state index >= 15 is 0 Å². The Morgan fingerprint density at radius 1 is 1.58 bits per heavy atom. The summed E-state index contributed by atoms with van der Waals surface area (Å²) in [6.45, 7) is 2.10. The Labute approximate surface area is 75.6 Å². The first-order valence-electron chi connectivity index (χ1n) is 3.75. The van der Waals surface area contributed by atoms with Crippen LogP contribution >= 0.6 is 11.3 Å². The van der Waals surface area contributed by atoms with Crippen molar-refractivity contribution in [3.05, 3.63) is 23.9 Å². The lowest BCUT2D eigenvalue weighted by molar-refractivity contribution is 0.433. The molecular formula is C8H8BNOS. The molecular weight excluding hydrogens is 169 g/mol. The minimum atomic E-state index is 0.858. The molecule has 0 aliphatic carbocycles. The highest BCUT2D eigenvalue weighted by Crippen LogP contribution is 2.24. The molecule has 0 fully saturated rings. The number of rotatable bonds is 1. The van der Waals surface area contributed by atoms with Gasteiger partial charge in [0.05, 0.1) is 11.1 Å². The van der Waals surface area contributed by atoms with Gasteiger partial charge in [-0.1, -0.05) is 5.16 Å². The van der Waals surface area contributed by atoms with Crippen LogP contribution in [0.2, 0.25) is 0 Å². The zero-order valence-electron chi connectivity index (χ0n) is 7.00. The van der Waals surface area contributed by atoms with Crippen LogP contribution in [0.1, 0.15) is 5.56 Å². The molecule has 0 aliphatic heterocycles. The molecule has 0 radical (unpaired) electrons. The lowest BCUT2D eigenvalue weighted by Gasteiger charge is -1.83. The second kappa shape index (κ2) is 2.79. The van der Waals surface area contributed by atoms with Gasteiger partial charge in [-0.05, 0) is 23.3 Å². The summed E-state index contributed by atoms with van der Waals surface area (Å²) < 4.78 is 6.38. The minimum Gasteiger partial charge on any atom is -0.355 e. The number of aromatic nitrogens is 1. The van der Waals surface area contributed by atoms with Crippen LogP contribution in [-0.4, -0.2) is 13.0 Å². The summed E-state index contributed by atoms with van der Waals surface area (Å²) >= 11 is 1.74. The van der Waals surface area contributed by atoms with E-state index in [4.69, 9.17) is 4.52 Å². The molecule has 0 saturated carbocycles. The monoisotopic (exact) mass is 177 g/mol. The Morgan fingerprint density at radius 2 is 2.42 bits per heavy atom. The molecule has 0 unspecified atom stereocenters. The maximum absolute atomic E-state index is 5.05. The van der Waals surface area contributed by atoms with E-state index in [9.17, 15) is 0 Å². The molecule has 0 bridgehead atoms. The van der Waals surface area contributed by atoms with Crippen molar-refractivity contribution in [2.75, 3.05) is 0 Å². The van der Waals surface area contributed by atoms with Crippen LogP contribution in [0, 0.1) is 6.92 Å². The van der Waals surface area contributed by atoms with Gasteiger partial charge in [0, 0.05) is 6.07 Å². The van der Waals surface area contributed by atoms with Crippen LogP contribution in [0.3, 0.4) is 0 Å². The Morgan fingerprint density at radius 3 is 2.92 bits per heavy atom. The number of hydrogen-bond acceptors (Lipinski definition) is 3. The van der Waals surface area contributed by atoms with Crippen LogP contribution in [0.15, 0.2) is 22.9 Å². The standard InChI is InChI=1S/C8H8BNOS/c1-5-4-7(12-8(5)9)6-2-3-10-11-6/h2-4H,9H2,1H3. The van der Waals surface area contributed by atoms with Gasteiger partial charge in [-0.15, -0.1) is 11.3 Å². The maximum atomic E-state index is 5.05. The summed E-state index contributed by atoms with van der Waals surface area (Å²) in [6, 6.07) is 4.01. The van der Waals surface area contributed by atoms with Crippen LogP contribution in [-0.2, 0) is 0 Å². The van der Waals surface area contributed by atoms with Gasteiger partial charge in [-0.25, -0.2) is 0 Å². The van der Waals surface area contributed by atoms with E-state index in [1.807, 2.05) is 6.07 Å². The molecule has 2 rings (SSSR count). The molecule has 0 atom stereocenters. The highest BCUT2D eigenvalue weighted by Gasteiger charge is 2.06. The number of nitrogens with zero attached hydrogens (tertiary/aromatic N) is 1. The third-order valence-corrected chi connectivity index (χ3v) is 3.01. The van der Waals surface area contributed by atoms with E-state index in [2.05, 4.69) is 26.0 Å². The van der Waals surface area contributed by atoms with Crippen molar-refractivity contribution < 1.29 is 4.52 Å². The van der Waals surface area contributed by atoms with E-state index in [1.54, 1.807) is 17.5 Å². The molecule has 2 aromatic heterocycles. The first-order valence-corrected chi connectivity index (χ1v) is 4.57. The van der Waals surface area contributed by atoms with Crippen molar-refractivity contribution >= 4 is 24.0 Å². The van der Waals surface area contributed by atoms with Gasteiger partial charge in [0.1, 0.15) is 0 Å². The summed E-state index contributed by atoms with van der Waals surface area (Å²) in [7, 11) is 2.11. The van der Waals surface area contributed by atoms with Crippen LogP contribution < -0.4 is 4.78 Å². The first kappa shape index (κ1) is 7.62.